The van der Waals surface area contributed by atoms with Crippen molar-refractivity contribution < 1.29 is 17.9 Å². The van der Waals surface area contributed by atoms with E-state index in [9.17, 15) is 13.2 Å². The zero-order chi connectivity index (χ0) is 11.8. The summed E-state index contributed by atoms with van der Waals surface area (Å²) in [7, 11) is 0. The molecule has 0 unspecified atom stereocenters. The summed E-state index contributed by atoms with van der Waals surface area (Å²) in [6.45, 7) is 1.16. The van der Waals surface area contributed by atoms with Crippen LogP contribution in [0.2, 0.25) is 0 Å². The minimum Gasteiger partial charge on any atom is -0.381 e. The van der Waals surface area contributed by atoms with E-state index in [1.54, 1.807) is 0 Å². The van der Waals surface area contributed by atoms with Gasteiger partial charge in [0.2, 0.25) is 0 Å². The fourth-order valence-electron chi connectivity index (χ4n) is 1.79. The maximum absolute atomic E-state index is 12.5. The lowest BCUT2D eigenvalue weighted by molar-refractivity contribution is -0.141. The smallest absolute Gasteiger partial charge is 0.381 e. The van der Waals surface area contributed by atoms with E-state index in [4.69, 9.17) is 4.74 Å². The zero-order valence-electron chi connectivity index (χ0n) is 8.27. The van der Waals surface area contributed by atoms with Gasteiger partial charge in [-0.25, -0.2) is 0 Å². The fourth-order valence-corrected chi connectivity index (χ4v) is 2.51. The van der Waals surface area contributed by atoms with Crippen molar-refractivity contribution in [2.24, 2.45) is 0 Å². The van der Waals surface area contributed by atoms with Gasteiger partial charge >= 0.3 is 6.18 Å². The van der Waals surface area contributed by atoms with Gasteiger partial charge < -0.3 is 4.74 Å². The van der Waals surface area contributed by atoms with Gasteiger partial charge in [0.15, 0.2) is 5.69 Å². The maximum Gasteiger partial charge on any atom is 0.436 e. The highest BCUT2D eigenvalue weighted by Gasteiger charge is 2.38. The Balaban J connectivity index is 2.25. The number of hydrogen-bond donors (Lipinski definition) is 1. The first-order valence-corrected chi connectivity index (χ1v) is 5.68. The predicted octanol–water partition coefficient (Wildman–Crippen LogP) is 3.09. The van der Waals surface area contributed by atoms with Crippen LogP contribution < -0.4 is 0 Å². The van der Waals surface area contributed by atoms with Crippen LogP contribution >= 0.6 is 15.9 Å². The van der Waals surface area contributed by atoms with Gasteiger partial charge in [-0.3, -0.25) is 5.10 Å². The van der Waals surface area contributed by atoms with E-state index in [1.807, 2.05) is 0 Å². The molecule has 1 aliphatic rings. The van der Waals surface area contributed by atoms with Crippen molar-refractivity contribution in [1.29, 1.82) is 0 Å². The summed E-state index contributed by atoms with van der Waals surface area (Å²) in [6.07, 6.45) is -2.98. The Labute approximate surface area is 98.5 Å². The fraction of sp³-hybridized carbons (Fsp3) is 0.667. The van der Waals surface area contributed by atoms with Crippen LogP contribution in [0.1, 0.15) is 30.1 Å². The molecule has 2 rings (SSSR count). The number of nitrogens with one attached hydrogen (secondary N) is 1. The van der Waals surface area contributed by atoms with Crippen LogP contribution in [0.5, 0.6) is 0 Å². The van der Waals surface area contributed by atoms with Crippen molar-refractivity contribution >= 4 is 15.9 Å². The molecule has 0 saturated carbocycles. The normalized spacial score (nSPS) is 19.0. The zero-order valence-corrected chi connectivity index (χ0v) is 9.86. The second kappa shape index (κ2) is 4.37. The Hall–Kier alpha value is -0.560. The first kappa shape index (κ1) is 11.9. The molecule has 1 fully saturated rings. The van der Waals surface area contributed by atoms with E-state index in [1.165, 1.54) is 0 Å². The minimum atomic E-state index is -4.42. The first-order valence-electron chi connectivity index (χ1n) is 4.89. The SMILES string of the molecule is FC(F)(F)c1n[nH]c(C2CCOCC2)c1Br. The highest BCUT2D eigenvalue weighted by molar-refractivity contribution is 9.10. The topological polar surface area (TPSA) is 37.9 Å². The molecule has 1 aliphatic heterocycles. The van der Waals surface area contributed by atoms with Crippen LogP contribution in [-0.2, 0) is 10.9 Å². The van der Waals surface area contributed by atoms with Crippen molar-refractivity contribution in [3.63, 3.8) is 0 Å². The standard InChI is InChI=1S/C9H10BrF3N2O/c10-6-7(5-1-3-16-4-2-5)14-15-8(6)9(11,12)13/h5H,1-4H2,(H,14,15). The molecule has 1 saturated heterocycles. The minimum absolute atomic E-state index is 0.0342. The molecule has 0 spiro atoms. The summed E-state index contributed by atoms with van der Waals surface area (Å²) in [5.41, 5.74) is -0.357. The number of aromatic nitrogens is 2. The second-order valence-electron chi connectivity index (χ2n) is 3.68. The molecule has 0 aromatic carbocycles. The number of ether oxygens (including phenoxy) is 1. The monoisotopic (exact) mass is 298 g/mol. The van der Waals surface area contributed by atoms with Crippen LogP contribution in [0, 0.1) is 0 Å². The lowest BCUT2D eigenvalue weighted by Gasteiger charge is -2.21. The van der Waals surface area contributed by atoms with E-state index in [0.717, 1.165) is 12.8 Å². The van der Waals surface area contributed by atoms with E-state index >= 15 is 0 Å². The molecule has 0 bridgehead atoms. The summed E-state index contributed by atoms with van der Waals surface area (Å²) in [5, 5.41) is 5.80. The lowest BCUT2D eigenvalue weighted by atomic mass is 9.96. The van der Waals surface area contributed by atoms with Crippen molar-refractivity contribution in [3.8, 4) is 0 Å². The molecular weight excluding hydrogens is 289 g/mol. The van der Waals surface area contributed by atoms with Crippen LogP contribution in [0.25, 0.3) is 0 Å². The molecule has 16 heavy (non-hydrogen) atoms. The summed E-state index contributed by atoms with van der Waals surface area (Å²) in [4.78, 5) is 0. The largest absolute Gasteiger partial charge is 0.436 e. The third kappa shape index (κ3) is 2.24. The number of nitrogens with zero attached hydrogens (tertiary/aromatic N) is 1. The number of rotatable bonds is 1. The van der Waals surface area contributed by atoms with E-state index in [-0.39, 0.29) is 10.4 Å². The number of alkyl halides is 3. The number of halogens is 4. The van der Waals surface area contributed by atoms with Gasteiger partial charge in [-0.15, -0.1) is 0 Å². The van der Waals surface area contributed by atoms with E-state index in [0.29, 0.717) is 18.9 Å². The van der Waals surface area contributed by atoms with Crippen LogP contribution in [-0.4, -0.2) is 23.4 Å². The van der Waals surface area contributed by atoms with Gasteiger partial charge in [0.05, 0.1) is 10.2 Å². The van der Waals surface area contributed by atoms with Crippen LogP contribution in [0.4, 0.5) is 13.2 Å². The quantitative estimate of drug-likeness (QED) is 0.865. The van der Waals surface area contributed by atoms with Crippen molar-refractivity contribution in [2.75, 3.05) is 13.2 Å². The number of aromatic amines is 1. The van der Waals surface area contributed by atoms with Crippen LogP contribution in [0.3, 0.4) is 0 Å². The molecule has 0 amide bonds. The first-order chi connectivity index (χ1) is 7.50. The Kier molecular flexibility index (Phi) is 3.25. The Morgan fingerprint density at radius 2 is 1.94 bits per heavy atom. The molecule has 1 aromatic heterocycles. The van der Waals surface area contributed by atoms with Gasteiger partial charge in [0.25, 0.3) is 0 Å². The molecule has 0 aliphatic carbocycles. The molecule has 90 valence electrons. The average molecular weight is 299 g/mol. The molecule has 0 radical (unpaired) electrons. The lowest BCUT2D eigenvalue weighted by Crippen LogP contribution is -2.14. The van der Waals surface area contributed by atoms with E-state index in [2.05, 4.69) is 26.1 Å². The maximum atomic E-state index is 12.5. The highest BCUT2D eigenvalue weighted by atomic mass is 79.9. The van der Waals surface area contributed by atoms with Gasteiger partial charge in [0.1, 0.15) is 0 Å². The van der Waals surface area contributed by atoms with Gasteiger partial charge in [-0.1, -0.05) is 0 Å². The highest BCUT2D eigenvalue weighted by Crippen LogP contribution is 2.39. The van der Waals surface area contributed by atoms with Gasteiger partial charge in [0, 0.05) is 19.1 Å². The molecule has 1 aromatic rings. The Morgan fingerprint density at radius 3 is 2.44 bits per heavy atom. The summed E-state index contributed by atoms with van der Waals surface area (Å²) in [5.74, 6) is 0.0618. The van der Waals surface area contributed by atoms with Gasteiger partial charge in [-0.2, -0.15) is 18.3 Å². The molecule has 3 nitrogen and oxygen atoms in total. The third-order valence-electron chi connectivity index (χ3n) is 2.63. The van der Waals surface area contributed by atoms with Crippen LogP contribution in [0.15, 0.2) is 4.47 Å². The van der Waals surface area contributed by atoms with E-state index < -0.39 is 11.9 Å². The average Bonchev–Trinajstić information content (AvgIpc) is 2.61. The molecule has 2 heterocycles. The Morgan fingerprint density at radius 1 is 1.31 bits per heavy atom. The summed E-state index contributed by atoms with van der Waals surface area (Å²) in [6, 6.07) is 0. The summed E-state index contributed by atoms with van der Waals surface area (Å²) >= 11 is 2.97. The van der Waals surface area contributed by atoms with Gasteiger partial charge in [-0.05, 0) is 28.8 Å². The Bertz CT molecular complexity index is 371. The number of hydrogen-bond acceptors (Lipinski definition) is 2. The molecular formula is C9H10BrF3N2O. The molecule has 0 atom stereocenters. The van der Waals surface area contributed by atoms with Crippen molar-refractivity contribution in [1.82, 2.24) is 10.2 Å². The van der Waals surface area contributed by atoms with Crippen molar-refractivity contribution in [2.45, 2.75) is 24.9 Å². The third-order valence-corrected chi connectivity index (χ3v) is 3.43. The summed E-state index contributed by atoms with van der Waals surface area (Å²) < 4.78 is 42.7. The molecule has 1 N–H and O–H groups in total. The molecule has 7 heteroatoms. The van der Waals surface area contributed by atoms with Crippen molar-refractivity contribution in [3.05, 3.63) is 15.9 Å². The number of H-pyrrole nitrogens is 1. The predicted molar refractivity (Wildman–Crippen MR) is 54.1 cm³/mol. The second-order valence-corrected chi connectivity index (χ2v) is 4.48.